The molecule has 3 rings (SSSR count). The normalized spacial score (nSPS) is 10.4. The van der Waals surface area contributed by atoms with Crippen LogP contribution in [0, 0.1) is 28.4 Å². The molecule has 0 atom stereocenters. The van der Waals surface area contributed by atoms with Crippen molar-refractivity contribution in [2.75, 3.05) is 13.7 Å². The Morgan fingerprint density at radius 3 is 2.32 bits per heavy atom. The number of benzene rings is 2. The molecule has 0 aliphatic carbocycles. The standard InChI is InChI=1S/C24H21N3O7/c1-15-20(13-25)23(29)26(12-11-16-3-7-18(33-2)8-4-16)24(30)22(15)21(28)14-34-19-9-5-17(6-10-19)27(31)32/h3-10,30H,11-12,14H2,1-2H3. The van der Waals surface area contributed by atoms with E-state index in [1.54, 1.807) is 19.2 Å². The number of hydrogen-bond acceptors (Lipinski definition) is 8. The van der Waals surface area contributed by atoms with Crippen LogP contribution < -0.4 is 15.0 Å². The molecule has 1 aromatic heterocycles. The molecule has 10 heteroatoms. The van der Waals surface area contributed by atoms with Crippen molar-refractivity contribution in [2.24, 2.45) is 0 Å². The Morgan fingerprint density at radius 2 is 1.76 bits per heavy atom. The van der Waals surface area contributed by atoms with Gasteiger partial charge in [-0.2, -0.15) is 5.26 Å². The quantitative estimate of drug-likeness (QED) is 0.289. The van der Waals surface area contributed by atoms with Gasteiger partial charge in [-0.3, -0.25) is 24.3 Å². The molecule has 1 N–H and O–H groups in total. The summed E-state index contributed by atoms with van der Waals surface area (Å²) < 4.78 is 11.5. The smallest absolute Gasteiger partial charge is 0.271 e. The maximum Gasteiger partial charge on any atom is 0.271 e. The molecular formula is C24H21N3O7. The SMILES string of the molecule is COc1ccc(CCn2c(O)c(C(=O)COc3ccc([N+](=O)[O-])cc3)c(C)c(C#N)c2=O)cc1. The minimum Gasteiger partial charge on any atom is -0.497 e. The number of aromatic hydroxyl groups is 1. The van der Waals surface area contributed by atoms with E-state index in [0.717, 1.165) is 10.1 Å². The lowest BCUT2D eigenvalue weighted by Crippen LogP contribution is -2.28. The minimum atomic E-state index is -0.696. The molecule has 0 aliphatic rings. The largest absolute Gasteiger partial charge is 0.497 e. The summed E-state index contributed by atoms with van der Waals surface area (Å²) in [6.07, 6.45) is 0.359. The van der Waals surface area contributed by atoms with Gasteiger partial charge in [-0.1, -0.05) is 12.1 Å². The lowest BCUT2D eigenvalue weighted by atomic mass is 10.0. The molecule has 0 fully saturated rings. The number of nitriles is 1. The zero-order chi connectivity index (χ0) is 24.8. The number of non-ortho nitro benzene ring substituents is 1. The van der Waals surface area contributed by atoms with Crippen LogP contribution in [0.2, 0.25) is 0 Å². The molecule has 3 aromatic rings. The molecule has 0 amide bonds. The van der Waals surface area contributed by atoms with E-state index >= 15 is 0 Å². The number of carbonyl (C=O) groups excluding carboxylic acids is 1. The van der Waals surface area contributed by atoms with Crippen LogP contribution in [0.4, 0.5) is 5.69 Å². The fraction of sp³-hybridized carbons (Fsp3) is 0.208. The van der Waals surface area contributed by atoms with Crippen LogP contribution >= 0.6 is 0 Å². The lowest BCUT2D eigenvalue weighted by molar-refractivity contribution is -0.384. The molecule has 0 aliphatic heterocycles. The van der Waals surface area contributed by atoms with Crippen LogP contribution in [0.25, 0.3) is 0 Å². The van der Waals surface area contributed by atoms with Crippen LogP contribution in [-0.2, 0) is 13.0 Å². The first kappa shape index (κ1) is 24.0. The monoisotopic (exact) mass is 463 g/mol. The summed E-state index contributed by atoms with van der Waals surface area (Å²) in [7, 11) is 1.55. The second-order valence-electron chi connectivity index (χ2n) is 7.33. The molecule has 0 saturated heterocycles. The van der Waals surface area contributed by atoms with Crippen LogP contribution in [0.5, 0.6) is 17.4 Å². The first-order valence-electron chi connectivity index (χ1n) is 10.2. The van der Waals surface area contributed by atoms with Crippen molar-refractivity contribution in [3.63, 3.8) is 0 Å². The van der Waals surface area contributed by atoms with Gasteiger partial charge < -0.3 is 14.6 Å². The summed E-state index contributed by atoms with van der Waals surface area (Å²) in [5.74, 6) is -0.313. The average molecular weight is 463 g/mol. The molecule has 174 valence electrons. The van der Waals surface area contributed by atoms with Crippen molar-refractivity contribution < 1.29 is 24.3 Å². The Bertz CT molecular complexity index is 1320. The van der Waals surface area contributed by atoms with E-state index in [2.05, 4.69) is 0 Å². The number of carbonyl (C=O) groups is 1. The highest BCUT2D eigenvalue weighted by molar-refractivity contribution is 6.01. The van der Waals surface area contributed by atoms with Crippen molar-refractivity contribution in [3.8, 4) is 23.4 Å². The van der Waals surface area contributed by atoms with Crippen LogP contribution in [0.15, 0.2) is 53.3 Å². The van der Waals surface area contributed by atoms with Gasteiger partial charge in [-0.15, -0.1) is 0 Å². The van der Waals surface area contributed by atoms with Gasteiger partial charge in [-0.25, -0.2) is 0 Å². The first-order chi connectivity index (χ1) is 16.3. The number of aromatic nitrogens is 1. The molecular weight excluding hydrogens is 442 g/mol. The van der Waals surface area contributed by atoms with E-state index in [4.69, 9.17) is 9.47 Å². The highest BCUT2D eigenvalue weighted by atomic mass is 16.6. The van der Waals surface area contributed by atoms with E-state index < -0.39 is 28.8 Å². The molecule has 34 heavy (non-hydrogen) atoms. The molecule has 2 aromatic carbocycles. The van der Waals surface area contributed by atoms with E-state index in [1.165, 1.54) is 31.2 Å². The molecule has 1 heterocycles. The van der Waals surface area contributed by atoms with Crippen LogP contribution in [-0.4, -0.2) is 34.1 Å². The van der Waals surface area contributed by atoms with Crippen molar-refractivity contribution in [2.45, 2.75) is 19.9 Å². The summed E-state index contributed by atoms with van der Waals surface area (Å²) in [6.45, 7) is 0.940. The predicted octanol–water partition coefficient (Wildman–Crippen LogP) is 3.16. The van der Waals surface area contributed by atoms with Gasteiger partial charge in [0.2, 0.25) is 11.7 Å². The predicted molar refractivity (Wildman–Crippen MR) is 121 cm³/mol. The molecule has 0 bridgehead atoms. The fourth-order valence-electron chi connectivity index (χ4n) is 3.41. The van der Waals surface area contributed by atoms with Gasteiger partial charge in [0.25, 0.3) is 11.2 Å². The molecule has 0 spiro atoms. The topological polar surface area (TPSA) is 145 Å². The van der Waals surface area contributed by atoms with Crippen molar-refractivity contribution in [1.29, 1.82) is 5.26 Å². The average Bonchev–Trinajstić information content (AvgIpc) is 2.83. The maximum absolute atomic E-state index is 12.9. The number of methoxy groups -OCH3 is 1. The van der Waals surface area contributed by atoms with Crippen molar-refractivity contribution >= 4 is 11.5 Å². The summed E-state index contributed by atoms with van der Waals surface area (Å²) >= 11 is 0. The van der Waals surface area contributed by atoms with E-state index in [-0.39, 0.29) is 34.7 Å². The Balaban J connectivity index is 1.85. The highest BCUT2D eigenvalue weighted by Gasteiger charge is 2.24. The molecule has 0 saturated carbocycles. The van der Waals surface area contributed by atoms with Crippen LogP contribution in [0.3, 0.4) is 0 Å². The van der Waals surface area contributed by atoms with Gasteiger partial charge in [-0.05, 0) is 48.7 Å². The lowest BCUT2D eigenvalue weighted by Gasteiger charge is -2.16. The Kier molecular flexibility index (Phi) is 7.28. The third-order valence-electron chi connectivity index (χ3n) is 5.28. The van der Waals surface area contributed by atoms with Gasteiger partial charge in [0, 0.05) is 18.7 Å². The Hall–Kier alpha value is -4.65. The fourth-order valence-corrected chi connectivity index (χ4v) is 3.41. The van der Waals surface area contributed by atoms with E-state index in [0.29, 0.717) is 12.2 Å². The minimum absolute atomic E-state index is 0.0371. The zero-order valence-electron chi connectivity index (χ0n) is 18.5. The number of nitro groups is 1. The summed E-state index contributed by atoms with van der Waals surface area (Å²) in [4.78, 5) is 35.8. The van der Waals surface area contributed by atoms with Gasteiger partial charge in [0.05, 0.1) is 17.6 Å². The summed E-state index contributed by atoms with van der Waals surface area (Å²) in [5.41, 5.74) is -0.337. The number of rotatable bonds is 9. The van der Waals surface area contributed by atoms with Crippen molar-refractivity contribution in [3.05, 3.63) is 91.3 Å². The van der Waals surface area contributed by atoms with Gasteiger partial charge in [0.15, 0.2) is 6.61 Å². The zero-order valence-corrected chi connectivity index (χ0v) is 18.5. The van der Waals surface area contributed by atoms with Crippen LogP contribution in [0.1, 0.15) is 27.0 Å². The number of aryl methyl sites for hydroxylation is 1. The number of nitro benzene ring substituents is 1. The Morgan fingerprint density at radius 1 is 1.15 bits per heavy atom. The summed E-state index contributed by atoms with van der Waals surface area (Å²) in [6, 6.07) is 14.1. The number of hydrogen-bond donors (Lipinski definition) is 1. The van der Waals surface area contributed by atoms with Gasteiger partial charge in [0.1, 0.15) is 23.1 Å². The number of ketones is 1. The van der Waals surface area contributed by atoms with E-state index in [9.17, 15) is 30.1 Å². The second kappa shape index (κ2) is 10.3. The van der Waals surface area contributed by atoms with Crippen molar-refractivity contribution in [1.82, 2.24) is 4.57 Å². The third-order valence-corrected chi connectivity index (χ3v) is 5.28. The van der Waals surface area contributed by atoms with Gasteiger partial charge >= 0.3 is 0 Å². The number of nitrogens with zero attached hydrogens (tertiary/aromatic N) is 3. The highest BCUT2D eigenvalue weighted by Crippen LogP contribution is 2.24. The number of Topliss-reactive ketones (excluding diaryl/α,β-unsaturated/α-hetero) is 1. The number of ether oxygens (including phenoxy) is 2. The first-order valence-corrected chi connectivity index (χ1v) is 10.2. The number of pyridine rings is 1. The summed E-state index contributed by atoms with van der Waals surface area (Å²) in [5, 5.41) is 31.0. The molecule has 0 radical (unpaired) electrons. The Labute approximate surface area is 194 Å². The second-order valence-corrected chi connectivity index (χ2v) is 7.33. The maximum atomic E-state index is 12.9. The molecule has 0 unspecified atom stereocenters. The molecule has 10 nitrogen and oxygen atoms in total. The van der Waals surface area contributed by atoms with E-state index in [1.807, 2.05) is 18.2 Å². The third kappa shape index (κ3) is 5.05.